The number of amides is 2. The van der Waals surface area contributed by atoms with Crippen LogP contribution in [0.15, 0.2) is 30.5 Å². The van der Waals surface area contributed by atoms with E-state index >= 15 is 0 Å². The molecule has 1 fully saturated rings. The molecule has 28 heavy (non-hydrogen) atoms. The van der Waals surface area contributed by atoms with Crippen LogP contribution >= 0.6 is 0 Å². The first-order valence-electron chi connectivity index (χ1n) is 9.70. The molecule has 3 rings (SSSR count). The van der Waals surface area contributed by atoms with Gasteiger partial charge in [0.05, 0.1) is 19.3 Å². The van der Waals surface area contributed by atoms with E-state index in [0.717, 1.165) is 24.2 Å². The standard InChI is InChI=1S/C20H27N5O3/c1-4-23(5-2)19(26)14-24-13-16(21-22-24)20(27)25-12-8-10-17(25)15-9-6-7-11-18(15)28-3/h6-7,9,11,13,17H,4-5,8,10,12,14H2,1-3H3. The highest BCUT2D eigenvalue weighted by molar-refractivity contribution is 5.92. The summed E-state index contributed by atoms with van der Waals surface area (Å²) in [6, 6.07) is 7.72. The molecule has 2 heterocycles. The molecule has 1 aromatic carbocycles. The fourth-order valence-corrected chi connectivity index (χ4v) is 3.71. The minimum Gasteiger partial charge on any atom is -0.496 e. The van der Waals surface area contributed by atoms with Crippen LogP contribution in [-0.4, -0.2) is 63.4 Å². The number of hydrogen-bond acceptors (Lipinski definition) is 5. The third-order valence-corrected chi connectivity index (χ3v) is 5.18. The first-order chi connectivity index (χ1) is 13.6. The van der Waals surface area contributed by atoms with Gasteiger partial charge >= 0.3 is 0 Å². The molecule has 0 saturated carbocycles. The van der Waals surface area contributed by atoms with Crippen LogP contribution in [0.2, 0.25) is 0 Å². The van der Waals surface area contributed by atoms with Crippen LogP contribution in [0.4, 0.5) is 0 Å². The summed E-state index contributed by atoms with van der Waals surface area (Å²) in [6.45, 7) is 5.89. The maximum Gasteiger partial charge on any atom is 0.276 e. The third-order valence-electron chi connectivity index (χ3n) is 5.18. The minimum absolute atomic E-state index is 0.0398. The fraction of sp³-hybridized carbons (Fsp3) is 0.500. The third kappa shape index (κ3) is 4.00. The molecule has 0 radical (unpaired) electrons. The molecule has 0 N–H and O–H groups in total. The molecule has 1 saturated heterocycles. The lowest BCUT2D eigenvalue weighted by molar-refractivity contribution is -0.131. The minimum atomic E-state index is -0.171. The van der Waals surface area contributed by atoms with Crippen LogP contribution in [0.1, 0.15) is 48.8 Å². The lowest BCUT2D eigenvalue weighted by Crippen LogP contribution is -2.33. The Morgan fingerprint density at radius 3 is 2.71 bits per heavy atom. The Hall–Kier alpha value is -2.90. The average Bonchev–Trinajstić information content (AvgIpc) is 3.38. The number of hydrogen-bond donors (Lipinski definition) is 0. The second kappa shape index (κ2) is 8.86. The lowest BCUT2D eigenvalue weighted by Gasteiger charge is -2.25. The van der Waals surface area contributed by atoms with Gasteiger partial charge in [0.15, 0.2) is 5.69 Å². The van der Waals surface area contributed by atoms with E-state index < -0.39 is 0 Å². The second-order valence-corrected chi connectivity index (χ2v) is 6.77. The number of para-hydroxylation sites is 1. The Bertz CT molecular complexity index is 831. The Labute approximate surface area is 165 Å². The summed E-state index contributed by atoms with van der Waals surface area (Å²) >= 11 is 0. The van der Waals surface area contributed by atoms with Gasteiger partial charge < -0.3 is 14.5 Å². The molecule has 150 valence electrons. The summed E-state index contributed by atoms with van der Waals surface area (Å²) in [5.41, 5.74) is 1.26. The Morgan fingerprint density at radius 1 is 1.25 bits per heavy atom. The van der Waals surface area contributed by atoms with Gasteiger partial charge in [0.2, 0.25) is 5.91 Å². The number of methoxy groups -OCH3 is 1. The number of carbonyl (C=O) groups is 2. The topological polar surface area (TPSA) is 80.6 Å². The molecule has 0 spiro atoms. The number of rotatable bonds is 7. The van der Waals surface area contributed by atoms with Gasteiger partial charge in [-0.3, -0.25) is 9.59 Å². The Kier molecular flexibility index (Phi) is 6.28. The smallest absolute Gasteiger partial charge is 0.276 e. The van der Waals surface area contributed by atoms with Crippen LogP contribution in [0, 0.1) is 0 Å². The normalized spacial score (nSPS) is 16.2. The molecule has 1 aromatic heterocycles. The summed E-state index contributed by atoms with van der Waals surface area (Å²) in [7, 11) is 1.64. The zero-order chi connectivity index (χ0) is 20.1. The van der Waals surface area contributed by atoms with Crippen LogP contribution in [-0.2, 0) is 11.3 Å². The molecular weight excluding hydrogens is 358 g/mol. The molecular formula is C20H27N5O3. The van der Waals surface area contributed by atoms with E-state index in [1.165, 1.54) is 4.68 Å². The van der Waals surface area contributed by atoms with Crippen molar-refractivity contribution in [1.82, 2.24) is 24.8 Å². The highest BCUT2D eigenvalue weighted by Gasteiger charge is 2.33. The number of likely N-dealkylation sites (N-methyl/N-ethyl adjacent to an activating group) is 1. The average molecular weight is 385 g/mol. The van der Waals surface area contributed by atoms with Crippen molar-refractivity contribution in [1.29, 1.82) is 0 Å². The number of carbonyl (C=O) groups excluding carboxylic acids is 2. The molecule has 2 amide bonds. The zero-order valence-electron chi connectivity index (χ0n) is 16.7. The van der Waals surface area contributed by atoms with E-state index in [0.29, 0.717) is 19.6 Å². The van der Waals surface area contributed by atoms with Crippen LogP contribution < -0.4 is 4.74 Å². The predicted molar refractivity (Wildman–Crippen MR) is 104 cm³/mol. The van der Waals surface area contributed by atoms with Gasteiger partial charge in [0.1, 0.15) is 12.3 Å². The number of ether oxygens (including phenoxy) is 1. The highest BCUT2D eigenvalue weighted by Crippen LogP contribution is 2.37. The molecule has 1 aliphatic rings. The second-order valence-electron chi connectivity index (χ2n) is 6.77. The van der Waals surface area contributed by atoms with Gasteiger partial charge in [-0.15, -0.1) is 5.10 Å². The van der Waals surface area contributed by atoms with Crippen LogP contribution in [0.3, 0.4) is 0 Å². The summed E-state index contributed by atoms with van der Waals surface area (Å²) in [6.07, 6.45) is 3.35. The van der Waals surface area contributed by atoms with Crippen molar-refractivity contribution < 1.29 is 14.3 Å². The highest BCUT2D eigenvalue weighted by atomic mass is 16.5. The molecule has 1 aliphatic heterocycles. The summed E-state index contributed by atoms with van der Waals surface area (Å²) in [5.74, 6) is 0.567. The van der Waals surface area contributed by atoms with E-state index in [9.17, 15) is 9.59 Å². The van der Waals surface area contributed by atoms with E-state index in [-0.39, 0.29) is 30.1 Å². The fourth-order valence-electron chi connectivity index (χ4n) is 3.71. The van der Waals surface area contributed by atoms with Gasteiger partial charge in [-0.2, -0.15) is 0 Å². The van der Waals surface area contributed by atoms with Crippen molar-refractivity contribution in [2.75, 3.05) is 26.7 Å². The summed E-state index contributed by atoms with van der Waals surface area (Å²) < 4.78 is 6.90. The molecule has 2 aromatic rings. The first-order valence-corrected chi connectivity index (χ1v) is 9.70. The van der Waals surface area contributed by atoms with E-state index in [2.05, 4.69) is 10.3 Å². The molecule has 8 heteroatoms. The van der Waals surface area contributed by atoms with Crippen molar-refractivity contribution in [2.45, 2.75) is 39.3 Å². The maximum atomic E-state index is 13.0. The van der Waals surface area contributed by atoms with Gasteiger partial charge in [0.25, 0.3) is 5.91 Å². The van der Waals surface area contributed by atoms with Gasteiger partial charge in [0, 0.05) is 25.2 Å². The summed E-state index contributed by atoms with van der Waals surface area (Å²) in [5, 5.41) is 7.99. The molecule has 0 aliphatic carbocycles. The largest absolute Gasteiger partial charge is 0.496 e. The first kappa shape index (κ1) is 19.9. The van der Waals surface area contributed by atoms with Crippen molar-refractivity contribution in [3.05, 3.63) is 41.7 Å². The van der Waals surface area contributed by atoms with Crippen molar-refractivity contribution in [3.8, 4) is 5.75 Å². The van der Waals surface area contributed by atoms with Crippen molar-refractivity contribution in [2.24, 2.45) is 0 Å². The monoisotopic (exact) mass is 385 g/mol. The summed E-state index contributed by atoms with van der Waals surface area (Å²) in [4.78, 5) is 28.8. The Balaban J connectivity index is 1.75. The molecule has 1 atom stereocenters. The van der Waals surface area contributed by atoms with Crippen molar-refractivity contribution in [3.63, 3.8) is 0 Å². The number of nitrogens with zero attached hydrogens (tertiary/aromatic N) is 5. The van der Waals surface area contributed by atoms with Gasteiger partial charge in [-0.25, -0.2) is 4.68 Å². The van der Waals surface area contributed by atoms with E-state index in [4.69, 9.17) is 4.74 Å². The zero-order valence-corrected chi connectivity index (χ0v) is 16.7. The number of likely N-dealkylation sites (tertiary alicyclic amines) is 1. The van der Waals surface area contributed by atoms with Crippen LogP contribution in [0.25, 0.3) is 0 Å². The molecule has 0 bridgehead atoms. The maximum absolute atomic E-state index is 13.0. The Morgan fingerprint density at radius 2 is 2.00 bits per heavy atom. The number of aromatic nitrogens is 3. The quantitative estimate of drug-likeness (QED) is 0.729. The van der Waals surface area contributed by atoms with Crippen LogP contribution in [0.5, 0.6) is 5.75 Å². The molecule has 1 unspecified atom stereocenters. The lowest BCUT2D eigenvalue weighted by atomic mass is 10.0. The van der Waals surface area contributed by atoms with E-state index in [1.54, 1.807) is 18.2 Å². The van der Waals surface area contributed by atoms with Gasteiger partial charge in [-0.05, 0) is 32.8 Å². The molecule has 8 nitrogen and oxygen atoms in total. The SMILES string of the molecule is CCN(CC)C(=O)Cn1cc(C(=O)N2CCCC2c2ccccc2OC)nn1. The van der Waals surface area contributed by atoms with Crippen molar-refractivity contribution >= 4 is 11.8 Å². The van der Waals surface area contributed by atoms with E-state index in [1.807, 2.05) is 43.0 Å². The number of benzene rings is 1. The van der Waals surface area contributed by atoms with Gasteiger partial charge in [-0.1, -0.05) is 23.4 Å². The predicted octanol–water partition coefficient (Wildman–Crippen LogP) is 2.13.